The van der Waals surface area contributed by atoms with E-state index in [2.05, 4.69) is 9.97 Å². The monoisotopic (exact) mass is 314 g/mol. The van der Waals surface area contributed by atoms with E-state index in [1.165, 1.54) is 17.8 Å². The second-order valence-electron chi connectivity index (χ2n) is 4.05. The van der Waals surface area contributed by atoms with E-state index in [-0.39, 0.29) is 5.91 Å². The van der Waals surface area contributed by atoms with Crippen molar-refractivity contribution in [2.24, 2.45) is 0 Å². The van der Waals surface area contributed by atoms with Crippen LogP contribution in [-0.4, -0.2) is 52.8 Å². The summed E-state index contributed by atoms with van der Waals surface area (Å²) in [6.07, 6.45) is 3.34. The summed E-state index contributed by atoms with van der Waals surface area (Å²) in [4.78, 5) is 21.7. The van der Waals surface area contributed by atoms with Gasteiger partial charge in [-0.2, -0.15) is 0 Å². The zero-order chi connectivity index (χ0) is 14.4. The number of hydrogen-bond acceptors (Lipinski definition) is 6. The number of nitrogen functional groups attached to an aromatic ring is 1. The normalized spacial score (nSPS) is 15.8. The third kappa shape index (κ3) is 4.66. The maximum absolute atomic E-state index is 11.8. The van der Waals surface area contributed by atoms with Crippen molar-refractivity contribution >= 4 is 35.1 Å². The Kier molecular flexibility index (Phi) is 5.63. The van der Waals surface area contributed by atoms with Crippen LogP contribution in [0, 0.1) is 0 Å². The van der Waals surface area contributed by atoms with Crippen molar-refractivity contribution in [3.63, 3.8) is 0 Å². The molecule has 0 spiro atoms. The van der Waals surface area contributed by atoms with Crippen LogP contribution >= 0.6 is 23.4 Å². The topological polar surface area (TPSA) is 81.3 Å². The molecule has 1 aliphatic rings. The summed E-state index contributed by atoms with van der Waals surface area (Å²) in [5.74, 6) is 0.914. The third-order valence-electron chi connectivity index (χ3n) is 2.59. The Hall–Kier alpha value is -1.31. The van der Waals surface area contributed by atoms with Gasteiger partial charge in [-0.05, 0) is 6.08 Å². The highest BCUT2D eigenvalue weighted by Gasteiger charge is 2.13. The second kappa shape index (κ2) is 7.47. The van der Waals surface area contributed by atoms with Gasteiger partial charge in [-0.3, -0.25) is 4.79 Å². The molecule has 2 N–H and O–H groups in total. The number of anilines is 1. The summed E-state index contributed by atoms with van der Waals surface area (Å²) in [6.45, 7) is 2.49. The molecule has 1 aromatic heterocycles. The zero-order valence-corrected chi connectivity index (χ0v) is 12.4. The van der Waals surface area contributed by atoms with E-state index in [9.17, 15) is 4.79 Å². The van der Waals surface area contributed by atoms with Gasteiger partial charge in [0.15, 0.2) is 5.16 Å². The molecule has 8 heteroatoms. The van der Waals surface area contributed by atoms with Gasteiger partial charge in [-0.1, -0.05) is 29.4 Å². The van der Waals surface area contributed by atoms with Crippen molar-refractivity contribution in [2.75, 3.05) is 37.8 Å². The fraction of sp³-hybridized carbons (Fsp3) is 0.417. The molecule has 0 aliphatic carbocycles. The number of carbonyl (C=O) groups is 1. The molecule has 0 bridgehead atoms. The van der Waals surface area contributed by atoms with Crippen molar-refractivity contribution in [1.29, 1.82) is 0 Å². The van der Waals surface area contributed by atoms with Gasteiger partial charge < -0.3 is 15.4 Å². The minimum atomic E-state index is 0.000395. The van der Waals surface area contributed by atoms with Crippen LogP contribution < -0.4 is 5.73 Å². The number of morpholine rings is 1. The Labute approximate surface area is 126 Å². The Balaban J connectivity index is 1.79. The molecule has 0 radical (unpaired) electrons. The number of halogens is 1. The van der Waals surface area contributed by atoms with E-state index >= 15 is 0 Å². The fourth-order valence-corrected chi connectivity index (χ4v) is 2.55. The fourth-order valence-electron chi connectivity index (χ4n) is 1.64. The highest BCUT2D eigenvalue weighted by atomic mass is 35.5. The van der Waals surface area contributed by atoms with Crippen LogP contribution in [0.4, 0.5) is 5.82 Å². The average molecular weight is 315 g/mol. The summed E-state index contributed by atoms with van der Waals surface area (Å²) in [5.41, 5.74) is 5.57. The van der Waals surface area contributed by atoms with Gasteiger partial charge in [-0.25, -0.2) is 9.97 Å². The molecule has 0 aromatic carbocycles. The van der Waals surface area contributed by atoms with Crippen LogP contribution in [0.2, 0.25) is 5.15 Å². The number of carbonyl (C=O) groups excluding carboxylic acids is 1. The highest BCUT2D eigenvalue weighted by molar-refractivity contribution is 7.99. The van der Waals surface area contributed by atoms with Crippen LogP contribution in [0.5, 0.6) is 0 Å². The first-order chi connectivity index (χ1) is 9.65. The summed E-state index contributed by atoms with van der Waals surface area (Å²) >= 11 is 7.15. The predicted molar refractivity (Wildman–Crippen MR) is 78.7 cm³/mol. The molecule has 1 aliphatic heterocycles. The molecule has 1 saturated heterocycles. The van der Waals surface area contributed by atoms with Gasteiger partial charge in [-0.15, -0.1) is 0 Å². The molecule has 6 nitrogen and oxygen atoms in total. The Morgan fingerprint density at radius 1 is 1.50 bits per heavy atom. The van der Waals surface area contributed by atoms with Gasteiger partial charge in [0.2, 0.25) is 5.91 Å². The summed E-state index contributed by atoms with van der Waals surface area (Å²) in [7, 11) is 0. The number of ether oxygens (including phenoxy) is 1. The Bertz CT molecular complexity index is 486. The number of hydrogen-bond donors (Lipinski definition) is 1. The maximum atomic E-state index is 11.8. The number of rotatable bonds is 4. The van der Waals surface area contributed by atoms with Gasteiger partial charge in [0.1, 0.15) is 11.0 Å². The molecule has 2 rings (SSSR count). The predicted octanol–water partition coefficient (Wildman–Crippen LogP) is 1.22. The van der Waals surface area contributed by atoms with Crippen LogP contribution in [-0.2, 0) is 9.53 Å². The van der Waals surface area contributed by atoms with Crippen LogP contribution in [0.3, 0.4) is 0 Å². The van der Waals surface area contributed by atoms with E-state index < -0.39 is 0 Å². The Morgan fingerprint density at radius 3 is 2.95 bits per heavy atom. The van der Waals surface area contributed by atoms with Gasteiger partial charge in [0.05, 0.1) is 13.2 Å². The van der Waals surface area contributed by atoms with Gasteiger partial charge in [0, 0.05) is 24.9 Å². The molecule has 0 saturated carbocycles. The molecular weight excluding hydrogens is 300 g/mol. The van der Waals surface area contributed by atoms with Crippen molar-refractivity contribution in [1.82, 2.24) is 14.9 Å². The van der Waals surface area contributed by atoms with Crippen molar-refractivity contribution in [3.8, 4) is 0 Å². The summed E-state index contributed by atoms with van der Waals surface area (Å²) in [6, 6.07) is 1.49. The first-order valence-corrected chi connectivity index (χ1v) is 7.47. The van der Waals surface area contributed by atoms with Crippen molar-refractivity contribution < 1.29 is 9.53 Å². The first kappa shape index (κ1) is 15.1. The quantitative estimate of drug-likeness (QED) is 0.389. The third-order valence-corrected chi connectivity index (χ3v) is 3.58. The maximum Gasteiger partial charge on any atom is 0.246 e. The largest absolute Gasteiger partial charge is 0.384 e. The molecule has 1 amide bonds. The molecule has 108 valence electrons. The van der Waals surface area contributed by atoms with E-state index in [0.717, 1.165) is 0 Å². The van der Waals surface area contributed by atoms with Crippen LogP contribution in [0.15, 0.2) is 23.4 Å². The lowest BCUT2D eigenvalue weighted by molar-refractivity contribution is -0.129. The molecule has 0 atom stereocenters. The molecule has 20 heavy (non-hydrogen) atoms. The molecular formula is C12H15ClN4O2S. The minimum Gasteiger partial charge on any atom is -0.384 e. The molecule has 0 unspecified atom stereocenters. The molecule has 1 fully saturated rings. The van der Waals surface area contributed by atoms with Gasteiger partial charge >= 0.3 is 0 Å². The van der Waals surface area contributed by atoms with E-state index in [4.69, 9.17) is 22.1 Å². The smallest absolute Gasteiger partial charge is 0.246 e. The summed E-state index contributed by atoms with van der Waals surface area (Å²) < 4.78 is 5.19. The average Bonchev–Trinajstić information content (AvgIpc) is 2.43. The van der Waals surface area contributed by atoms with Crippen molar-refractivity contribution in [2.45, 2.75) is 5.16 Å². The Morgan fingerprint density at radius 2 is 2.25 bits per heavy atom. The number of amides is 1. The number of thioether (sulfide) groups is 1. The SMILES string of the molecule is Nc1cc(Cl)nc(SCC=CC(=O)N2CCOCC2)n1. The number of aromatic nitrogens is 2. The van der Waals surface area contributed by atoms with Crippen molar-refractivity contribution in [3.05, 3.63) is 23.4 Å². The standard InChI is InChI=1S/C12H15ClN4O2S/c13-9-8-10(14)16-12(15-9)20-7-1-2-11(18)17-3-5-19-6-4-17/h1-2,8H,3-7H2,(H2,14,15,16). The minimum absolute atomic E-state index is 0.000395. The van der Waals surface area contributed by atoms with E-state index in [0.29, 0.717) is 48.2 Å². The first-order valence-electron chi connectivity index (χ1n) is 6.11. The highest BCUT2D eigenvalue weighted by Crippen LogP contribution is 2.17. The molecule has 1 aromatic rings. The zero-order valence-electron chi connectivity index (χ0n) is 10.8. The molecule has 2 heterocycles. The lowest BCUT2D eigenvalue weighted by atomic mass is 10.4. The lowest BCUT2D eigenvalue weighted by Gasteiger charge is -2.25. The lowest BCUT2D eigenvalue weighted by Crippen LogP contribution is -2.39. The number of nitrogens with zero attached hydrogens (tertiary/aromatic N) is 3. The van der Waals surface area contributed by atoms with Gasteiger partial charge in [0.25, 0.3) is 0 Å². The van der Waals surface area contributed by atoms with Crippen LogP contribution in [0.25, 0.3) is 0 Å². The second-order valence-corrected chi connectivity index (χ2v) is 5.42. The van der Waals surface area contributed by atoms with E-state index in [1.807, 2.05) is 0 Å². The number of nitrogens with two attached hydrogens (primary N) is 1. The van der Waals surface area contributed by atoms with E-state index in [1.54, 1.807) is 17.1 Å². The summed E-state index contributed by atoms with van der Waals surface area (Å²) in [5, 5.41) is 0.812. The van der Waals surface area contributed by atoms with Crippen LogP contribution in [0.1, 0.15) is 0 Å².